The van der Waals surface area contributed by atoms with E-state index < -0.39 is 5.82 Å². The maximum absolute atomic E-state index is 13.9. The monoisotopic (exact) mass is 462 g/mol. The van der Waals surface area contributed by atoms with Gasteiger partial charge >= 0.3 is 0 Å². The van der Waals surface area contributed by atoms with E-state index in [4.69, 9.17) is 0 Å². The number of hydrogen-bond acceptors (Lipinski definition) is 5. The Morgan fingerprint density at radius 3 is 2.56 bits per heavy atom. The molecule has 1 atom stereocenters. The summed E-state index contributed by atoms with van der Waals surface area (Å²) in [6.45, 7) is 8.52. The third-order valence-electron chi connectivity index (χ3n) is 7.04. The number of aromatic nitrogens is 1. The summed E-state index contributed by atoms with van der Waals surface area (Å²) in [5, 5.41) is 9.56. The number of hydrogen-bond donors (Lipinski definition) is 0. The molecule has 2 aliphatic rings. The smallest absolute Gasteiger partial charge is 0.223 e. The summed E-state index contributed by atoms with van der Waals surface area (Å²) in [6, 6.07) is 7.19. The lowest BCUT2D eigenvalue weighted by atomic mass is 9.93. The molecule has 0 bridgehead atoms. The second-order valence-electron chi connectivity index (χ2n) is 9.74. The summed E-state index contributed by atoms with van der Waals surface area (Å²) in [5.74, 6) is 0.118. The van der Waals surface area contributed by atoms with Crippen LogP contribution < -0.4 is 0 Å². The maximum atomic E-state index is 13.9. The summed E-state index contributed by atoms with van der Waals surface area (Å²) in [6.07, 6.45) is 4.50. The molecule has 2 aromatic rings. The molecule has 1 saturated carbocycles. The van der Waals surface area contributed by atoms with Crippen LogP contribution in [-0.2, 0) is 17.8 Å². The first kappa shape index (κ1) is 24.0. The highest BCUT2D eigenvalue weighted by Crippen LogP contribution is 2.33. The number of Topliss-reactive ketones (excluding diaryl/α,β-unsaturated/α-hetero) is 1. The molecule has 0 spiro atoms. The van der Waals surface area contributed by atoms with Crippen molar-refractivity contribution in [2.45, 2.75) is 59.0 Å². The highest BCUT2D eigenvalue weighted by atomic mass is 19.1. The molecular weight excluding hydrogens is 431 g/mol. The minimum Gasteiger partial charge on any atom is -0.337 e. The number of rotatable bonds is 7. The number of halogens is 1. The van der Waals surface area contributed by atoms with E-state index in [1.165, 1.54) is 25.1 Å². The molecule has 0 N–H and O–H groups in total. The Labute approximate surface area is 200 Å². The predicted octanol–water partition coefficient (Wildman–Crippen LogP) is 3.97. The minimum atomic E-state index is -0.502. The Morgan fingerprint density at radius 1 is 1.18 bits per heavy atom. The van der Waals surface area contributed by atoms with Crippen molar-refractivity contribution in [3.63, 3.8) is 0 Å². The molecule has 1 amide bonds. The van der Waals surface area contributed by atoms with Gasteiger partial charge in [-0.2, -0.15) is 5.26 Å². The van der Waals surface area contributed by atoms with Gasteiger partial charge in [0.2, 0.25) is 5.91 Å². The van der Waals surface area contributed by atoms with Crippen molar-refractivity contribution in [3.8, 4) is 6.07 Å². The molecule has 6 nitrogen and oxygen atoms in total. The number of carbonyl (C=O) groups is 2. The largest absolute Gasteiger partial charge is 0.337 e. The Bertz CT molecular complexity index is 1150. The molecule has 1 aromatic carbocycles. The molecule has 34 heavy (non-hydrogen) atoms. The topological polar surface area (TPSA) is 77.3 Å². The van der Waals surface area contributed by atoms with Crippen LogP contribution in [0.1, 0.15) is 64.5 Å². The molecule has 2 fully saturated rings. The van der Waals surface area contributed by atoms with Crippen LogP contribution in [0.15, 0.2) is 24.4 Å². The number of pyridine rings is 1. The SMILES string of the molecule is Cc1ncc(C(=O)Cc2cc(C#N)cc(CN3CCN(C(=O)CC4CC4)[C@@H](C)C3)c2C)cc1F. The first-order valence-electron chi connectivity index (χ1n) is 11.9. The van der Waals surface area contributed by atoms with Gasteiger partial charge in [0.15, 0.2) is 5.78 Å². The summed E-state index contributed by atoms with van der Waals surface area (Å²) in [5.41, 5.74) is 3.72. The summed E-state index contributed by atoms with van der Waals surface area (Å²) >= 11 is 0. The van der Waals surface area contributed by atoms with Crippen LogP contribution in [0.3, 0.4) is 0 Å². The third-order valence-corrected chi connectivity index (χ3v) is 7.04. The molecule has 1 aliphatic heterocycles. The molecule has 178 valence electrons. The lowest BCUT2D eigenvalue weighted by Crippen LogP contribution is -2.53. The van der Waals surface area contributed by atoms with Gasteiger partial charge in [-0.15, -0.1) is 0 Å². The van der Waals surface area contributed by atoms with Crippen molar-refractivity contribution >= 4 is 11.7 Å². The number of carbonyl (C=O) groups excluding carboxylic acids is 2. The van der Waals surface area contributed by atoms with E-state index in [0.29, 0.717) is 31.0 Å². The molecule has 1 saturated heterocycles. The molecule has 1 aromatic heterocycles. The zero-order chi connectivity index (χ0) is 24.4. The van der Waals surface area contributed by atoms with Crippen LogP contribution in [0, 0.1) is 36.9 Å². The van der Waals surface area contributed by atoms with E-state index in [1.807, 2.05) is 17.9 Å². The molecule has 4 rings (SSSR count). The summed E-state index contributed by atoms with van der Waals surface area (Å²) < 4.78 is 13.9. The van der Waals surface area contributed by atoms with Gasteiger partial charge in [-0.25, -0.2) is 4.39 Å². The summed E-state index contributed by atoms with van der Waals surface area (Å²) in [7, 11) is 0. The van der Waals surface area contributed by atoms with Gasteiger partial charge in [-0.05, 0) is 74.4 Å². The molecular formula is C27H31FN4O2. The van der Waals surface area contributed by atoms with E-state index >= 15 is 0 Å². The van der Waals surface area contributed by atoms with Crippen LogP contribution >= 0.6 is 0 Å². The minimum absolute atomic E-state index is 0.0817. The van der Waals surface area contributed by atoms with Crippen LogP contribution in [-0.4, -0.2) is 52.2 Å². The average Bonchev–Trinajstić information content (AvgIpc) is 3.62. The highest BCUT2D eigenvalue weighted by molar-refractivity contribution is 5.97. The van der Waals surface area contributed by atoms with E-state index in [2.05, 4.69) is 22.9 Å². The Morgan fingerprint density at radius 2 is 1.91 bits per heavy atom. The van der Waals surface area contributed by atoms with E-state index in [0.717, 1.165) is 29.8 Å². The lowest BCUT2D eigenvalue weighted by molar-refractivity contribution is -0.136. The Balaban J connectivity index is 1.46. The molecule has 0 unspecified atom stereocenters. The number of amides is 1. The van der Waals surface area contributed by atoms with E-state index in [9.17, 15) is 19.2 Å². The van der Waals surface area contributed by atoms with Crippen molar-refractivity contribution in [1.29, 1.82) is 5.26 Å². The first-order chi connectivity index (χ1) is 16.2. The number of piperazine rings is 1. The zero-order valence-electron chi connectivity index (χ0n) is 20.1. The molecule has 1 aliphatic carbocycles. The third kappa shape index (κ3) is 5.51. The predicted molar refractivity (Wildman–Crippen MR) is 127 cm³/mol. The van der Waals surface area contributed by atoms with Gasteiger partial charge in [0.05, 0.1) is 17.3 Å². The molecule has 0 radical (unpaired) electrons. The standard InChI is InChI=1S/C27H31FN4O2/c1-17-15-31(6-7-32(17)27(34)10-20-4-5-20)16-24-9-21(13-29)8-22(18(24)2)12-26(33)23-11-25(28)19(3)30-14-23/h8-9,11,14,17,20H,4-7,10,12,15-16H2,1-3H3/t17-/m0/s1. The van der Waals surface area contributed by atoms with E-state index in [-0.39, 0.29) is 35.4 Å². The van der Waals surface area contributed by atoms with Gasteiger partial charge in [0.25, 0.3) is 0 Å². The number of nitriles is 1. The van der Waals surface area contributed by atoms with Crippen molar-refractivity contribution in [2.24, 2.45) is 5.92 Å². The fourth-order valence-electron chi connectivity index (χ4n) is 4.66. The van der Waals surface area contributed by atoms with Crippen molar-refractivity contribution in [1.82, 2.24) is 14.8 Å². The second kappa shape index (κ2) is 10.0. The zero-order valence-corrected chi connectivity index (χ0v) is 20.1. The van der Waals surface area contributed by atoms with Gasteiger partial charge < -0.3 is 4.90 Å². The van der Waals surface area contributed by atoms with Gasteiger partial charge in [0, 0.05) is 56.8 Å². The highest BCUT2D eigenvalue weighted by Gasteiger charge is 2.32. The van der Waals surface area contributed by atoms with Gasteiger partial charge in [-0.1, -0.05) is 0 Å². The Hall–Kier alpha value is -3.11. The number of benzene rings is 1. The number of aryl methyl sites for hydroxylation is 1. The number of ketones is 1. The van der Waals surface area contributed by atoms with Gasteiger partial charge in [0.1, 0.15) is 5.82 Å². The van der Waals surface area contributed by atoms with Crippen LogP contribution in [0.4, 0.5) is 4.39 Å². The van der Waals surface area contributed by atoms with Crippen molar-refractivity contribution in [2.75, 3.05) is 19.6 Å². The van der Waals surface area contributed by atoms with Crippen LogP contribution in [0.2, 0.25) is 0 Å². The number of nitrogens with zero attached hydrogens (tertiary/aromatic N) is 4. The summed E-state index contributed by atoms with van der Waals surface area (Å²) in [4.78, 5) is 33.7. The van der Waals surface area contributed by atoms with Crippen LogP contribution in [0.5, 0.6) is 0 Å². The first-order valence-corrected chi connectivity index (χ1v) is 11.9. The quantitative estimate of drug-likeness (QED) is 0.582. The fraction of sp³-hybridized carbons (Fsp3) is 0.481. The maximum Gasteiger partial charge on any atom is 0.223 e. The van der Waals surface area contributed by atoms with Crippen LogP contribution in [0.25, 0.3) is 0 Å². The molecule has 2 heterocycles. The normalized spacial score (nSPS) is 18.6. The van der Waals surface area contributed by atoms with Crippen molar-refractivity contribution < 1.29 is 14.0 Å². The molecule has 7 heteroatoms. The van der Waals surface area contributed by atoms with E-state index in [1.54, 1.807) is 13.0 Å². The second-order valence-corrected chi connectivity index (χ2v) is 9.74. The van der Waals surface area contributed by atoms with Crippen molar-refractivity contribution in [3.05, 3.63) is 63.7 Å². The fourth-order valence-corrected chi connectivity index (χ4v) is 4.66. The lowest BCUT2D eigenvalue weighted by Gasteiger charge is -2.40. The van der Waals surface area contributed by atoms with Gasteiger partial charge in [-0.3, -0.25) is 19.5 Å². The Kier molecular flexibility index (Phi) is 7.08. The average molecular weight is 463 g/mol.